The van der Waals surface area contributed by atoms with Gasteiger partial charge in [0, 0.05) is 28.0 Å². The van der Waals surface area contributed by atoms with E-state index in [-0.39, 0.29) is 0 Å². The van der Waals surface area contributed by atoms with Gasteiger partial charge in [0.05, 0.1) is 9.81 Å². The summed E-state index contributed by atoms with van der Waals surface area (Å²) in [5, 5.41) is 32.2. The molecule has 8 heteroatoms. The molecule has 4 unspecified atom stereocenters. The smallest absolute Gasteiger partial charge is 0.230 e. The van der Waals surface area contributed by atoms with E-state index in [0.717, 1.165) is 41.1 Å². The maximum absolute atomic E-state index is 10.7. The summed E-state index contributed by atoms with van der Waals surface area (Å²) < 4.78 is 5.23. The molecule has 2 aromatic heterocycles. The van der Waals surface area contributed by atoms with E-state index in [4.69, 9.17) is 10.1 Å². The number of aliphatic hydroxyl groups excluding tert-OH is 1. The van der Waals surface area contributed by atoms with Crippen LogP contribution >= 0.6 is 11.3 Å². The second-order valence-corrected chi connectivity index (χ2v) is 11.2. The van der Waals surface area contributed by atoms with E-state index in [1.165, 1.54) is 33.9 Å². The lowest BCUT2D eigenvalue weighted by atomic mass is 10.0. The van der Waals surface area contributed by atoms with Crippen molar-refractivity contribution in [3.8, 4) is 0 Å². The number of pyridine rings is 1. The van der Waals surface area contributed by atoms with Gasteiger partial charge >= 0.3 is 0 Å². The number of nitrogens with zero attached hydrogens (tertiary/aromatic N) is 2. The van der Waals surface area contributed by atoms with Gasteiger partial charge in [-0.2, -0.15) is 4.36 Å². The second kappa shape index (κ2) is 7.74. The first-order valence-electron chi connectivity index (χ1n) is 10.2. The molecule has 0 bridgehead atoms. The molecular formula is C21H30N4O2S2. The summed E-state index contributed by atoms with van der Waals surface area (Å²) in [7, 11) is -0.957. The lowest BCUT2D eigenvalue weighted by Gasteiger charge is -2.19. The highest BCUT2D eigenvalue weighted by Gasteiger charge is 2.32. The largest absolute Gasteiger partial charge is 0.386 e. The van der Waals surface area contributed by atoms with Crippen LogP contribution in [0.5, 0.6) is 0 Å². The van der Waals surface area contributed by atoms with Crippen LogP contribution in [0.1, 0.15) is 80.5 Å². The zero-order chi connectivity index (χ0) is 20.9. The Morgan fingerprint density at radius 3 is 2.34 bits per heavy atom. The number of aromatic nitrogens is 1. The molecule has 0 aliphatic heterocycles. The molecule has 0 fully saturated rings. The predicted octanol–water partition coefficient (Wildman–Crippen LogP) is 3.89. The van der Waals surface area contributed by atoms with Crippen molar-refractivity contribution in [3.05, 3.63) is 39.5 Å². The van der Waals surface area contributed by atoms with Crippen LogP contribution in [-0.2, 0) is 29.3 Å². The van der Waals surface area contributed by atoms with Gasteiger partial charge in [-0.25, -0.2) is 0 Å². The summed E-state index contributed by atoms with van der Waals surface area (Å²) in [6.07, 6.45) is 3.07. The normalized spacial score (nSPS) is 23.1. The number of rotatable bonds is 5. The molecule has 2 aliphatic rings. The van der Waals surface area contributed by atoms with Gasteiger partial charge in [0.1, 0.15) is 0 Å². The molecule has 158 valence electrons. The van der Waals surface area contributed by atoms with E-state index >= 15 is 0 Å². The number of nitrogens with two attached hydrogens (primary N) is 1. The van der Waals surface area contributed by atoms with E-state index in [2.05, 4.69) is 23.5 Å². The number of hydrogen-bond acceptors (Lipinski definition) is 6. The van der Waals surface area contributed by atoms with Crippen molar-refractivity contribution < 1.29 is 10.2 Å². The number of nitrogens with one attached hydrogen (secondary N) is 1. The Bertz CT molecular complexity index is 928. The maximum Gasteiger partial charge on any atom is 0.230 e. The van der Waals surface area contributed by atoms with Crippen LogP contribution in [0.25, 0.3) is 0 Å². The molecule has 6 nitrogen and oxygen atoms in total. The quantitative estimate of drug-likeness (QED) is 0.535. The van der Waals surface area contributed by atoms with Gasteiger partial charge in [-0.15, -0.1) is 11.3 Å². The number of aliphatic hydroxyl groups is 2. The van der Waals surface area contributed by atoms with Gasteiger partial charge in [-0.1, -0.05) is 13.8 Å². The Labute approximate surface area is 178 Å². The fraction of sp³-hybridized carbons (Fsp3) is 0.571. The molecule has 0 saturated carbocycles. The van der Waals surface area contributed by atoms with Crippen molar-refractivity contribution >= 4 is 27.9 Å². The summed E-state index contributed by atoms with van der Waals surface area (Å²) in [6, 6.07) is 1.87. The minimum atomic E-state index is -1.08. The topological polar surface area (TPSA) is 104 Å². The average Bonchev–Trinajstić information content (AvgIpc) is 3.35. The lowest BCUT2D eigenvalue weighted by molar-refractivity contribution is 0.0789. The van der Waals surface area contributed by atoms with E-state index in [1.807, 2.05) is 11.4 Å². The second-order valence-electron chi connectivity index (χ2n) is 8.75. The van der Waals surface area contributed by atoms with Crippen molar-refractivity contribution in [2.75, 3.05) is 5.32 Å². The lowest BCUT2D eigenvalue weighted by Crippen LogP contribution is -2.21. The molecule has 29 heavy (non-hydrogen) atoms. The zero-order valence-corrected chi connectivity index (χ0v) is 19.0. The molecule has 2 heterocycles. The van der Waals surface area contributed by atoms with Gasteiger partial charge in [-0.05, 0) is 79.5 Å². The molecule has 0 spiro atoms. The molecule has 0 aromatic carbocycles. The van der Waals surface area contributed by atoms with Crippen molar-refractivity contribution in [2.45, 2.75) is 81.4 Å². The summed E-state index contributed by atoms with van der Waals surface area (Å²) in [6.45, 7) is 7.94. The Hall–Kier alpha value is -1.32. The molecule has 0 saturated heterocycles. The van der Waals surface area contributed by atoms with Crippen molar-refractivity contribution in [3.63, 3.8) is 0 Å². The highest BCUT2D eigenvalue weighted by molar-refractivity contribution is 7.87. The Balaban J connectivity index is 1.61. The Kier molecular flexibility index (Phi) is 5.59. The Morgan fingerprint density at radius 1 is 1.24 bits per heavy atom. The van der Waals surface area contributed by atoms with Crippen LogP contribution in [0.3, 0.4) is 0 Å². The maximum atomic E-state index is 10.7. The third-order valence-corrected chi connectivity index (χ3v) is 8.51. The van der Waals surface area contributed by atoms with Crippen LogP contribution in [0.15, 0.2) is 20.0 Å². The standard InChI is InChI=1S/C21H30N4O2S2/c1-11-5-7-14-17(11)23-18-12(2)6-8-15(18)19(14)24-20(26)25-29(22)16-9-13(10-28-16)21(3,4)27/h9-12,20,26-27H,5-8H2,1-4H3,(H2,22,25)(H,23,24). The summed E-state index contributed by atoms with van der Waals surface area (Å²) in [5.41, 5.74) is 5.73. The first-order chi connectivity index (χ1) is 13.6. The monoisotopic (exact) mass is 434 g/mol. The van der Waals surface area contributed by atoms with Crippen LogP contribution in [0.4, 0.5) is 5.69 Å². The third kappa shape index (κ3) is 4.01. The van der Waals surface area contributed by atoms with E-state index < -0.39 is 22.8 Å². The molecule has 5 N–H and O–H groups in total. The number of fused-ring (bicyclic) bond motifs is 2. The molecular weight excluding hydrogens is 404 g/mol. The molecule has 0 amide bonds. The number of anilines is 1. The molecule has 4 rings (SSSR count). The molecule has 2 aromatic rings. The van der Waals surface area contributed by atoms with Crippen LogP contribution in [-0.4, -0.2) is 21.5 Å². The van der Waals surface area contributed by atoms with Crippen LogP contribution in [0.2, 0.25) is 0 Å². The third-order valence-electron chi connectivity index (χ3n) is 6.03. The molecule has 2 aliphatic carbocycles. The number of thiophene rings is 1. The van der Waals surface area contributed by atoms with Crippen molar-refractivity contribution in [1.29, 1.82) is 0 Å². The minimum Gasteiger partial charge on any atom is -0.386 e. The SMILES string of the molecule is CC1CCc2c1nc1c(c2NC(O)N=S(N)c2cc(C(C)(C)O)cs2)CCC1C. The van der Waals surface area contributed by atoms with Gasteiger partial charge < -0.3 is 15.5 Å². The van der Waals surface area contributed by atoms with Gasteiger partial charge in [0.25, 0.3) is 0 Å². The highest BCUT2D eigenvalue weighted by atomic mass is 32.2. The summed E-state index contributed by atoms with van der Waals surface area (Å²) >= 11 is 1.46. The summed E-state index contributed by atoms with van der Waals surface area (Å²) in [5.74, 6) is 0.904. The van der Waals surface area contributed by atoms with Crippen LogP contribution < -0.4 is 10.5 Å². The minimum absolute atomic E-state index is 0.452. The van der Waals surface area contributed by atoms with Gasteiger partial charge in [0.2, 0.25) is 6.35 Å². The fourth-order valence-electron chi connectivity index (χ4n) is 4.26. The average molecular weight is 435 g/mol. The summed E-state index contributed by atoms with van der Waals surface area (Å²) in [4.78, 5) is 5.00. The van der Waals surface area contributed by atoms with Crippen molar-refractivity contribution in [2.24, 2.45) is 9.50 Å². The predicted molar refractivity (Wildman–Crippen MR) is 119 cm³/mol. The fourth-order valence-corrected chi connectivity index (χ4v) is 6.34. The Morgan fingerprint density at radius 2 is 1.83 bits per heavy atom. The van der Waals surface area contributed by atoms with Gasteiger partial charge in [-0.3, -0.25) is 10.1 Å². The first kappa shape index (κ1) is 20.9. The number of hydrogen-bond donors (Lipinski definition) is 4. The van der Waals surface area contributed by atoms with E-state index in [9.17, 15) is 10.2 Å². The zero-order valence-electron chi connectivity index (χ0n) is 17.4. The van der Waals surface area contributed by atoms with Gasteiger partial charge in [0.15, 0.2) is 0 Å². The molecule has 4 atom stereocenters. The van der Waals surface area contributed by atoms with Crippen molar-refractivity contribution in [1.82, 2.24) is 4.98 Å². The van der Waals surface area contributed by atoms with E-state index in [1.54, 1.807) is 13.8 Å². The first-order valence-corrected chi connectivity index (χ1v) is 12.3. The van der Waals surface area contributed by atoms with Crippen LogP contribution in [0, 0.1) is 0 Å². The molecule has 0 radical (unpaired) electrons. The van der Waals surface area contributed by atoms with E-state index in [0.29, 0.717) is 11.8 Å². The highest BCUT2D eigenvalue weighted by Crippen LogP contribution is 2.44.